The highest BCUT2D eigenvalue weighted by molar-refractivity contribution is 7.66. The number of aromatic nitrogens is 3. The normalized spacial score (nSPS) is 21.4. The third-order valence-corrected chi connectivity index (χ3v) is 11.7. The molecule has 0 bridgehead atoms. The summed E-state index contributed by atoms with van der Waals surface area (Å²) in [7, 11) is -17.1. The number of aliphatic hydroxyl groups is 2. The number of aliphatic hydroxyl groups excluding tert-OH is 2. The molecule has 1 saturated heterocycles. The first-order valence-corrected chi connectivity index (χ1v) is 20.2. The van der Waals surface area contributed by atoms with Crippen molar-refractivity contribution in [1.82, 2.24) is 14.9 Å². The Morgan fingerprint density at radius 1 is 0.944 bits per heavy atom. The summed E-state index contributed by atoms with van der Waals surface area (Å²) >= 11 is 0. The number of nitrogens with two attached hydrogens (primary N) is 2. The molecule has 3 heterocycles. The standard InChI is InChI=1S/C29H35N6O16P3/c30-19-7-5-16-11-17-6-8-20(31)13-22(17)34(21(16)12-19)10-2-4-24(36)32-9-1-3-18-14-35(29(40)33-27(18)39)28-26(38)25(37)23(49-28)15-48-53(44,45)51-54(46,47)50-52(41,42)43/h1,3,5-8,11-14,23,25-26,28,37-38H,2,4,9-10,15H2,(H9,30,31,32,33,36,39,40,41,42,43,44,45,46,47)/p+1/b3-1+/t23-,25-,26-,28-/m1/s1. The van der Waals surface area contributed by atoms with Crippen LogP contribution >= 0.6 is 23.5 Å². The van der Waals surface area contributed by atoms with Crippen LogP contribution in [0.25, 0.3) is 27.9 Å². The van der Waals surface area contributed by atoms with Crippen molar-refractivity contribution in [2.45, 2.75) is 43.9 Å². The van der Waals surface area contributed by atoms with E-state index in [0.717, 1.165) is 28.0 Å². The number of aryl methyl sites for hydroxylation is 1. The van der Waals surface area contributed by atoms with Crippen molar-refractivity contribution in [3.8, 4) is 0 Å². The molecule has 1 amide bonds. The molecule has 1 fully saturated rings. The average Bonchev–Trinajstić information content (AvgIpc) is 3.33. The number of hydrogen-bond acceptors (Lipinski definition) is 14. The van der Waals surface area contributed by atoms with E-state index in [4.69, 9.17) is 26.0 Å². The summed E-state index contributed by atoms with van der Waals surface area (Å²) in [5, 5.41) is 25.6. The largest absolute Gasteiger partial charge is 0.490 e. The molecule has 12 N–H and O–H groups in total. The fourth-order valence-corrected chi connectivity index (χ4v) is 8.62. The number of aromatic amines is 1. The Kier molecular flexibility index (Phi) is 12.4. The van der Waals surface area contributed by atoms with Crippen molar-refractivity contribution >= 4 is 68.6 Å². The number of fused-ring (bicyclic) bond motifs is 2. The van der Waals surface area contributed by atoms with E-state index in [1.54, 1.807) is 12.1 Å². The third kappa shape index (κ3) is 10.3. The van der Waals surface area contributed by atoms with Gasteiger partial charge in [0, 0.05) is 59.9 Å². The first kappa shape index (κ1) is 41.1. The zero-order valence-corrected chi connectivity index (χ0v) is 30.5. The number of amides is 1. The lowest BCUT2D eigenvalue weighted by Crippen LogP contribution is -2.38. The van der Waals surface area contributed by atoms with Gasteiger partial charge in [-0.2, -0.15) is 13.2 Å². The van der Waals surface area contributed by atoms with E-state index in [9.17, 15) is 48.1 Å². The zero-order chi connectivity index (χ0) is 39.6. The smallest absolute Gasteiger partial charge is 0.399 e. The van der Waals surface area contributed by atoms with Gasteiger partial charge in [0.2, 0.25) is 16.9 Å². The summed E-state index contributed by atoms with van der Waals surface area (Å²) in [5.41, 5.74) is 13.0. The summed E-state index contributed by atoms with van der Waals surface area (Å²) in [4.78, 5) is 76.0. The number of carbonyl (C=O) groups excluding carboxylic acids is 1. The van der Waals surface area contributed by atoms with Crippen LogP contribution in [0.15, 0.2) is 64.3 Å². The Morgan fingerprint density at radius 2 is 1.57 bits per heavy atom. The number of pyridine rings is 1. The summed E-state index contributed by atoms with van der Waals surface area (Å²) in [6.45, 7) is -0.661. The number of phosphoric ester groups is 1. The highest BCUT2D eigenvalue weighted by Gasteiger charge is 2.47. The van der Waals surface area contributed by atoms with Crippen LogP contribution in [0, 0.1) is 0 Å². The summed E-state index contributed by atoms with van der Waals surface area (Å²) in [6.07, 6.45) is -2.89. The van der Waals surface area contributed by atoms with Gasteiger partial charge in [-0.25, -0.2) is 18.5 Å². The van der Waals surface area contributed by atoms with Crippen LogP contribution in [0.3, 0.4) is 0 Å². The number of nitrogens with zero attached hydrogens (tertiary/aromatic N) is 2. The summed E-state index contributed by atoms with van der Waals surface area (Å²) < 4.78 is 54.1. The van der Waals surface area contributed by atoms with Gasteiger partial charge < -0.3 is 51.3 Å². The molecular weight excluding hydrogens is 781 g/mol. The number of carbonyl (C=O) groups is 1. The van der Waals surface area contributed by atoms with Crippen molar-refractivity contribution in [2.24, 2.45) is 0 Å². The van der Waals surface area contributed by atoms with Crippen LogP contribution in [-0.2, 0) is 42.9 Å². The minimum atomic E-state index is -5.82. The second-order valence-corrected chi connectivity index (χ2v) is 16.3. The second-order valence-electron chi connectivity index (χ2n) is 11.9. The predicted molar refractivity (Wildman–Crippen MR) is 189 cm³/mol. The number of benzene rings is 2. The van der Waals surface area contributed by atoms with Gasteiger partial charge >= 0.3 is 29.2 Å². The Balaban J connectivity index is 1.18. The van der Waals surface area contributed by atoms with Gasteiger partial charge in [-0.05, 0) is 30.3 Å². The van der Waals surface area contributed by atoms with Gasteiger partial charge in [0.15, 0.2) is 6.23 Å². The molecule has 2 unspecified atom stereocenters. The van der Waals surface area contributed by atoms with Crippen LogP contribution in [0.1, 0.15) is 24.6 Å². The summed E-state index contributed by atoms with van der Waals surface area (Å²) in [6, 6.07) is 13.2. The molecule has 22 nitrogen and oxygen atoms in total. The van der Waals surface area contributed by atoms with E-state index in [1.165, 1.54) is 12.2 Å². The molecule has 1 aliphatic heterocycles. The molecule has 5 rings (SSSR count). The maximum absolute atomic E-state index is 12.7. The number of hydrogen-bond donors (Lipinski definition) is 10. The SMILES string of the molecule is Nc1ccc2cc3ccc(N)cc3[n+](CCCC(=O)NC/C=C/c3cn([C@@H]4O[C@H](COP(=O)(O)OP(=O)(O)OP(=O)(O)O)[C@@H](O)[C@H]4O)c(=O)[nH]c3=O)c2c1. The molecule has 4 aromatic rings. The Morgan fingerprint density at radius 3 is 2.19 bits per heavy atom. The van der Waals surface area contributed by atoms with Gasteiger partial charge in [-0.15, -0.1) is 0 Å². The lowest BCUT2D eigenvalue weighted by Gasteiger charge is -2.19. The first-order valence-electron chi connectivity index (χ1n) is 15.7. The maximum atomic E-state index is 12.7. The van der Waals surface area contributed by atoms with Crippen LogP contribution in [0.4, 0.5) is 11.4 Å². The van der Waals surface area contributed by atoms with Gasteiger partial charge in [-0.3, -0.25) is 23.7 Å². The highest BCUT2D eigenvalue weighted by Crippen LogP contribution is 2.66. The monoisotopic (exact) mass is 817 g/mol. The zero-order valence-electron chi connectivity index (χ0n) is 27.8. The average molecular weight is 818 g/mol. The van der Waals surface area contributed by atoms with Crippen LogP contribution < -0.4 is 32.6 Å². The number of rotatable bonds is 15. The van der Waals surface area contributed by atoms with Gasteiger partial charge in [0.1, 0.15) is 24.9 Å². The van der Waals surface area contributed by atoms with E-state index < -0.39 is 65.9 Å². The minimum Gasteiger partial charge on any atom is -0.399 e. The number of anilines is 2. The van der Waals surface area contributed by atoms with Crippen molar-refractivity contribution in [2.75, 3.05) is 24.6 Å². The van der Waals surface area contributed by atoms with Crippen molar-refractivity contribution in [3.63, 3.8) is 0 Å². The lowest BCUT2D eigenvalue weighted by atomic mass is 10.1. The highest BCUT2D eigenvalue weighted by atomic mass is 31.3. The number of phosphoric acid groups is 3. The first-order chi connectivity index (χ1) is 25.2. The predicted octanol–water partition coefficient (Wildman–Crippen LogP) is -0.133. The molecule has 0 radical (unpaired) electrons. The second kappa shape index (κ2) is 16.3. The molecule has 25 heteroatoms. The number of nitrogens with one attached hydrogen (secondary N) is 2. The maximum Gasteiger partial charge on any atom is 0.490 e. The van der Waals surface area contributed by atoms with E-state index in [-0.39, 0.29) is 24.4 Å². The van der Waals surface area contributed by atoms with E-state index in [2.05, 4.69) is 18.5 Å². The number of nitrogen functional groups attached to an aromatic ring is 2. The van der Waals surface area contributed by atoms with Gasteiger partial charge in [0.05, 0.1) is 12.2 Å². The van der Waals surface area contributed by atoms with Crippen LogP contribution in [0.5, 0.6) is 0 Å². The molecule has 0 saturated carbocycles. The molecule has 1 aliphatic rings. The molecule has 6 atom stereocenters. The number of H-pyrrole nitrogens is 1. The molecular formula is C29H36N6O16P3+. The number of ether oxygens (including phenoxy) is 1. The molecule has 0 spiro atoms. The molecule has 0 aliphatic carbocycles. The fourth-order valence-electron chi connectivity index (χ4n) is 5.59. The lowest BCUT2D eigenvalue weighted by molar-refractivity contribution is -0.645. The molecule has 2 aromatic heterocycles. The quantitative estimate of drug-likeness (QED) is 0.0323. The van der Waals surface area contributed by atoms with E-state index in [0.29, 0.717) is 28.9 Å². The van der Waals surface area contributed by atoms with E-state index >= 15 is 0 Å². The Hall–Kier alpha value is -4.11. The minimum absolute atomic E-state index is 0.0151. The Bertz CT molecular complexity index is 2300. The van der Waals surface area contributed by atoms with Crippen molar-refractivity contribution in [3.05, 3.63) is 81.1 Å². The topological polar surface area (TPSA) is 349 Å². The van der Waals surface area contributed by atoms with Crippen LogP contribution in [0.2, 0.25) is 0 Å². The van der Waals surface area contributed by atoms with Crippen molar-refractivity contribution < 1.29 is 70.7 Å². The van der Waals surface area contributed by atoms with Gasteiger partial charge in [-0.1, -0.05) is 12.2 Å². The summed E-state index contributed by atoms with van der Waals surface area (Å²) in [5.74, 6) is -0.290. The van der Waals surface area contributed by atoms with Crippen molar-refractivity contribution in [1.29, 1.82) is 0 Å². The Labute approximate surface area is 303 Å². The third-order valence-electron chi connectivity index (χ3n) is 7.93. The molecule has 292 valence electrons. The van der Waals surface area contributed by atoms with E-state index in [1.807, 2.05) is 39.9 Å². The molecule has 2 aromatic carbocycles. The molecule has 54 heavy (non-hydrogen) atoms. The van der Waals surface area contributed by atoms with Gasteiger partial charge in [0.25, 0.3) is 5.56 Å². The van der Waals surface area contributed by atoms with Crippen LogP contribution in [-0.4, -0.2) is 76.7 Å². The fraction of sp³-hybridized carbons (Fsp3) is 0.310.